The highest BCUT2D eigenvalue weighted by molar-refractivity contribution is 5.96. The maximum absolute atomic E-state index is 11.7. The third-order valence-electron chi connectivity index (χ3n) is 2.26. The monoisotopic (exact) mass is 238 g/mol. The summed E-state index contributed by atoms with van der Waals surface area (Å²) in [5, 5.41) is 0. The molecule has 0 aromatic carbocycles. The zero-order chi connectivity index (χ0) is 13.2. The van der Waals surface area contributed by atoms with Gasteiger partial charge in [0.05, 0.1) is 5.56 Å². The number of amides is 2. The smallest absolute Gasteiger partial charge is 0.273 e. The predicted octanol–water partition coefficient (Wildman–Crippen LogP) is 1.70. The number of nitrogens with one attached hydrogen (secondary N) is 2. The third-order valence-corrected chi connectivity index (χ3v) is 2.26. The van der Waals surface area contributed by atoms with E-state index in [1.807, 2.05) is 0 Å². The lowest BCUT2D eigenvalue weighted by atomic mass is 9.96. The molecule has 0 aliphatic heterocycles. The number of hydrogen-bond donors (Lipinski definition) is 2. The van der Waals surface area contributed by atoms with Crippen molar-refractivity contribution in [2.75, 3.05) is 0 Å². The van der Waals surface area contributed by atoms with E-state index in [0.29, 0.717) is 17.1 Å². The molecule has 2 N–H and O–H groups in total. The van der Waals surface area contributed by atoms with E-state index in [4.69, 9.17) is 4.42 Å². The van der Waals surface area contributed by atoms with Gasteiger partial charge in [-0.15, -0.1) is 0 Å². The van der Waals surface area contributed by atoms with Crippen molar-refractivity contribution >= 4 is 11.8 Å². The van der Waals surface area contributed by atoms with Gasteiger partial charge in [0.15, 0.2) is 0 Å². The van der Waals surface area contributed by atoms with Gasteiger partial charge in [-0.05, 0) is 19.9 Å². The summed E-state index contributed by atoms with van der Waals surface area (Å²) in [5.41, 5.74) is 4.62. The van der Waals surface area contributed by atoms with Gasteiger partial charge in [-0.25, -0.2) is 0 Å². The fraction of sp³-hybridized carbons (Fsp3) is 0.500. The minimum Gasteiger partial charge on any atom is -0.466 e. The van der Waals surface area contributed by atoms with Crippen LogP contribution >= 0.6 is 0 Å². The molecule has 0 unspecified atom stereocenters. The first-order valence-corrected chi connectivity index (χ1v) is 5.39. The average Bonchev–Trinajstić information content (AvgIpc) is 2.52. The lowest BCUT2D eigenvalue weighted by Crippen LogP contribution is -2.46. The van der Waals surface area contributed by atoms with Crippen LogP contribution in [0.2, 0.25) is 0 Å². The second-order valence-corrected chi connectivity index (χ2v) is 4.99. The fourth-order valence-corrected chi connectivity index (χ4v) is 1.22. The average molecular weight is 238 g/mol. The second kappa shape index (κ2) is 4.61. The number of carbonyl (C=O) groups is 2. The molecule has 2 amide bonds. The van der Waals surface area contributed by atoms with Crippen LogP contribution in [-0.4, -0.2) is 11.8 Å². The Morgan fingerprint density at radius 2 is 1.76 bits per heavy atom. The minimum atomic E-state index is -0.547. The fourth-order valence-electron chi connectivity index (χ4n) is 1.22. The molecule has 0 fully saturated rings. The molecule has 0 aliphatic rings. The highest BCUT2D eigenvalue weighted by Gasteiger charge is 2.22. The standard InChI is InChI=1S/C12H18N2O3/c1-7-6-9(8(2)17-7)10(15)13-14-11(16)12(3,4)5/h6H,1-5H3,(H,13,15)(H,14,16). The maximum atomic E-state index is 11.7. The number of aryl methyl sites for hydroxylation is 2. The number of hydrazine groups is 1. The summed E-state index contributed by atoms with van der Waals surface area (Å²) in [5.74, 6) is 0.570. The van der Waals surface area contributed by atoms with E-state index >= 15 is 0 Å². The Morgan fingerprint density at radius 1 is 1.18 bits per heavy atom. The Balaban J connectivity index is 2.63. The minimum absolute atomic E-state index is 0.247. The van der Waals surface area contributed by atoms with Gasteiger partial charge in [-0.3, -0.25) is 20.4 Å². The molecule has 0 bridgehead atoms. The molecular weight excluding hydrogens is 220 g/mol. The molecule has 17 heavy (non-hydrogen) atoms. The van der Waals surface area contributed by atoms with Crippen LogP contribution < -0.4 is 10.9 Å². The predicted molar refractivity (Wildman–Crippen MR) is 63.2 cm³/mol. The maximum Gasteiger partial charge on any atom is 0.273 e. The van der Waals surface area contributed by atoms with Gasteiger partial charge in [-0.2, -0.15) is 0 Å². The number of rotatable bonds is 1. The van der Waals surface area contributed by atoms with Crippen LogP contribution in [0.15, 0.2) is 10.5 Å². The Kier molecular flexibility index (Phi) is 3.60. The molecule has 1 rings (SSSR count). The van der Waals surface area contributed by atoms with Gasteiger partial charge in [0.25, 0.3) is 5.91 Å². The van der Waals surface area contributed by atoms with E-state index in [1.165, 1.54) is 0 Å². The Labute approximate surface area is 101 Å². The van der Waals surface area contributed by atoms with Crippen LogP contribution in [0, 0.1) is 19.3 Å². The third kappa shape index (κ3) is 3.34. The van der Waals surface area contributed by atoms with Gasteiger partial charge in [0.1, 0.15) is 11.5 Å². The van der Waals surface area contributed by atoms with Crippen LogP contribution in [0.5, 0.6) is 0 Å². The zero-order valence-electron chi connectivity index (χ0n) is 10.8. The SMILES string of the molecule is Cc1cc(C(=O)NNC(=O)C(C)(C)C)c(C)o1. The summed E-state index contributed by atoms with van der Waals surface area (Å²) in [6.07, 6.45) is 0. The summed E-state index contributed by atoms with van der Waals surface area (Å²) in [6, 6.07) is 1.63. The highest BCUT2D eigenvalue weighted by Crippen LogP contribution is 2.14. The normalized spacial score (nSPS) is 11.1. The molecule has 1 aromatic heterocycles. The van der Waals surface area contributed by atoms with Gasteiger partial charge in [0.2, 0.25) is 5.91 Å². The van der Waals surface area contributed by atoms with E-state index in [2.05, 4.69) is 10.9 Å². The topological polar surface area (TPSA) is 71.3 Å². The van der Waals surface area contributed by atoms with Crippen molar-refractivity contribution in [2.45, 2.75) is 34.6 Å². The summed E-state index contributed by atoms with van der Waals surface area (Å²) >= 11 is 0. The molecule has 0 saturated carbocycles. The van der Waals surface area contributed by atoms with Gasteiger partial charge in [0, 0.05) is 5.41 Å². The first-order chi connectivity index (χ1) is 7.71. The Morgan fingerprint density at radius 3 is 2.18 bits per heavy atom. The van der Waals surface area contributed by atoms with Crippen molar-refractivity contribution in [1.29, 1.82) is 0 Å². The molecule has 1 aromatic rings. The van der Waals surface area contributed by atoms with E-state index in [0.717, 1.165) is 0 Å². The van der Waals surface area contributed by atoms with Crippen molar-refractivity contribution in [3.63, 3.8) is 0 Å². The van der Waals surface area contributed by atoms with Crippen LogP contribution in [0.1, 0.15) is 42.6 Å². The molecule has 0 radical (unpaired) electrons. The van der Waals surface area contributed by atoms with Crippen LogP contribution in [0.25, 0.3) is 0 Å². The number of carbonyl (C=O) groups excluding carboxylic acids is 2. The molecule has 1 heterocycles. The van der Waals surface area contributed by atoms with Gasteiger partial charge >= 0.3 is 0 Å². The van der Waals surface area contributed by atoms with Crippen molar-refractivity contribution in [3.8, 4) is 0 Å². The van der Waals surface area contributed by atoms with E-state index in [-0.39, 0.29) is 11.8 Å². The first kappa shape index (κ1) is 13.3. The second-order valence-electron chi connectivity index (χ2n) is 4.99. The molecule has 0 atom stereocenters. The van der Waals surface area contributed by atoms with Gasteiger partial charge in [-0.1, -0.05) is 20.8 Å². The van der Waals surface area contributed by atoms with Gasteiger partial charge < -0.3 is 4.42 Å². The van der Waals surface area contributed by atoms with E-state index in [1.54, 1.807) is 40.7 Å². The zero-order valence-corrected chi connectivity index (χ0v) is 10.8. The quantitative estimate of drug-likeness (QED) is 0.731. The first-order valence-electron chi connectivity index (χ1n) is 5.39. The summed E-state index contributed by atoms with van der Waals surface area (Å²) in [7, 11) is 0. The summed E-state index contributed by atoms with van der Waals surface area (Å²) < 4.78 is 5.24. The van der Waals surface area contributed by atoms with Crippen LogP contribution in [0.4, 0.5) is 0 Å². The van der Waals surface area contributed by atoms with Crippen molar-refractivity contribution < 1.29 is 14.0 Å². The van der Waals surface area contributed by atoms with Crippen molar-refractivity contribution in [1.82, 2.24) is 10.9 Å². The largest absolute Gasteiger partial charge is 0.466 e. The molecular formula is C12H18N2O3. The van der Waals surface area contributed by atoms with Crippen molar-refractivity contribution in [2.24, 2.45) is 5.41 Å². The number of hydrogen-bond acceptors (Lipinski definition) is 3. The Hall–Kier alpha value is -1.78. The molecule has 0 aliphatic carbocycles. The van der Waals surface area contributed by atoms with E-state index in [9.17, 15) is 9.59 Å². The molecule has 94 valence electrons. The summed E-state index contributed by atoms with van der Waals surface area (Å²) in [4.78, 5) is 23.3. The van der Waals surface area contributed by atoms with E-state index < -0.39 is 5.41 Å². The highest BCUT2D eigenvalue weighted by atomic mass is 16.3. The molecule has 0 saturated heterocycles. The number of furan rings is 1. The molecule has 5 heteroatoms. The summed E-state index contributed by atoms with van der Waals surface area (Å²) in [6.45, 7) is 8.76. The Bertz CT molecular complexity index is 441. The molecule has 5 nitrogen and oxygen atoms in total. The lowest BCUT2D eigenvalue weighted by Gasteiger charge is -2.17. The van der Waals surface area contributed by atoms with Crippen LogP contribution in [-0.2, 0) is 4.79 Å². The lowest BCUT2D eigenvalue weighted by molar-refractivity contribution is -0.129. The van der Waals surface area contributed by atoms with Crippen LogP contribution in [0.3, 0.4) is 0 Å². The van der Waals surface area contributed by atoms with Crippen molar-refractivity contribution in [3.05, 3.63) is 23.2 Å². The molecule has 0 spiro atoms.